The predicted octanol–water partition coefficient (Wildman–Crippen LogP) is 5.48. The van der Waals surface area contributed by atoms with Crippen molar-refractivity contribution < 1.29 is 19.5 Å². The highest BCUT2D eigenvalue weighted by Gasteiger charge is 2.53. The molecule has 2 N–H and O–H groups in total. The number of oxime groups is 1. The second kappa shape index (κ2) is 10.2. The number of halogens is 2. The Morgan fingerprint density at radius 3 is 1.79 bits per heavy atom. The quantitative estimate of drug-likeness (QED) is 0.217. The minimum atomic E-state index is -3.02. The molecule has 172 valence electrons. The molecule has 0 radical (unpaired) electrons. The Kier molecular flexibility index (Phi) is 7.82. The lowest BCUT2D eigenvalue weighted by Gasteiger charge is -2.40. The van der Waals surface area contributed by atoms with Crippen LogP contribution in [0, 0.1) is 0 Å². The minimum Gasteiger partial charge on any atom is -0.506 e. The Balaban J connectivity index is 2.12. The summed E-state index contributed by atoms with van der Waals surface area (Å²) >= 11 is 6.58. The fourth-order valence-corrected chi connectivity index (χ4v) is 9.21. The Morgan fingerprint density at radius 2 is 1.39 bits per heavy atom. The van der Waals surface area contributed by atoms with Gasteiger partial charge in [0.15, 0.2) is 5.71 Å². The first-order valence-corrected chi connectivity index (χ1v) is 13.8. The van der Waals surface area contributed by atoms with Gasteiger partial charge in [0, 0.05) is 11.5 Å². The number of phenolic OH excluding ortho intramolecular Hbond substituents is 1. The number of carboxylic acids is 1. The third-order valence-electron chi connectivity index (χ3n) is 5.40. The number of carbonyl (C=O) groups is 1. The van der Waals surface area contributed by atoms with Gasteiger partial charge in [-0.15, -0.1) is 0 Å². The topological polar surface area (TPSA) is 79.1 Å². The van der Waals surface area contributed by atoms with E-state index in [1.807, 2.05) is 60.7 Å². The molecule has 0 aromatic heterocycles. The van der Waals surface area contributed by atoms with E-state index in [1.165, 1.54) is 0 Å². The van der Waals surface area contributed by atoms with Crippen LogP contribution in [0.4, 0.5) is 0 Å². The SMILES string of the molecule is CC(C)(C)[Si](O/N=C(/Cc1cc(Br)c(O)c(Br)c1)C(=O)O)(c1ccccc1)c1ccccc1. The van der Waals surface area contributed by atoms with Crippen LogP contribution in [0.15, 0.2) is 86.9 Å². The van der Waals surface area contributed by atoms with Crippen molar-refractivity contribution in [2.45, 2.75) is 32.2 Å². The van der Waals surface area contributed by atoms with Gasteiger partial charge in [0.2, 0.25) is 0 Å². The van der Waals surface area contributed by atoms with Crippen LogP contribution in [0.5, 0.6) is 5.75 Å². The van der Waals surface area contributed by atoms with Gasteiger partial charge >= 0.3 is 14.3 Å². The molecule has 0 aliphatic carbocycles. The summed E-state index contributed by atoms with van der Waals surface area (Å²) in [6.45, 7) is 6.30. The van der Waals surface area contributed by atoms with E-state index in [4.69, 9.17) is 4.53 Å². The molecule has 3 aromatic rings. The third kappa shape index (κ3) is 5.39. The van der Waals surface area contributed by atoms with Crippen molar-refractivity contribution in [1.82, 2.24) is 0 Å². The van der Waals surface area contributed by atoms with E-state index in [1.54, 1.807) is 12.1 Å². The van der Waals surface area contributed by atoms with Gasteiger partial charge in [-0.3, -0.25) is 0 Å². The Bertz CT molecular complexity index is 1100. The number of hydrogen-bond acceptors (Lipinski definition) is 4. The normalized spacial score (nSPS) is 12.5. The van der Waals surface area contributed by atoms with Gasteiger partial charge in [0.05, 0.1) is 8.95 Å². The molecule has 0 saturated heterocycles. The summed E-state index contributed by atoms with van der Waals surface area (Å²) in [7, 11) is -3.02. The van der Waals surface area contributed by atoms with E-state index in [-0.39, 0.29) is 22.9 Å². The maximum absolute atomic E-state index is 12.1. The number of nitrogens with zero attached hydrogens (tertiary/aromatic N) is 1. The van der Waals surface area contributed by atoms with E-state index in [0.717, 1.165) is 10.4 Å². The van der Waals surface area contributed by atoms with Crippen LogP contribution in [0.2, 0.25) is 5.04 Å². The maximum atomic E-state index is 12.1. The highest BCUT2D eigenvalue weighted by Crippen LogP contribution is 2.37. The fourth-order valence-electron chi connectivity index (χ4n) is 3.80. The van der Waals surface area contributed by atoms with Crippen molar-refractivity contribution in [3.8, 4) is 5.75 Å². The fraction of sp³-hybridized carbons (Fsp3) is 0.200. The van der Waals surface area contributed by atoms with Crippen molar-refractivity contribution in [2.75, 3.05) is 0 Å². The molecule has 0 heterocycles. The molecule has 0 spiro atoms. The first-order valence-electron chi connectivity index (χ1n) is 10.3. The Morgan fingerprint density at radius 1 is 0.939 bits per heavy atom. The van der Waals surface area contributed by atoms with Crippen molar-refractivity contribution in [1.29, 1.82) is 0 Å². The highest BCUT2D eigenvalue weighted by molar-refractivity contribution is 9.11. The zero-order valence-electron chi connectivity index (χ0n) is 18.5. The van der Waals surface area contributed by atoms with Crippen molar-refractivity contribution >= 4 is 62.2 Å². The summed E-state index contributed by atoms with van der Waals surface area (Å²) < 4.78 is 7.34. The molecular weight excluding hydrogens is 566 g/mol. The van der Waals surface area contributed by atoms with Crippen LogP contribution in [0.1, 0.15) is 26.3 Å². The first kappa shape index (κ1) is 25.2. The summed E-state index contributed by atoms with van der Waals surface area (Å²) in [6, 6.07) is 23.2. The van der Waals surface area contributed by atoms with Gasteiger partial charge in [-0.25, -0.2) is 4.79 Å². The lowest BCUT2D eigenvalue weighted by molar-refractivity contribution is -0.129. The van der Waals surface area contributed by atoms with Gasteiger partial charge in [0.25, 0.3) is 0 Å². The molecule has 3 rings (SSSR count). The number of rotatable bonds is 7. The van der Waals surface area contributed by atoms with E-state index in [9.17, 15) is 15.0 Å². The van der Waals surface area contributed by atoms with E-state index in [2.05, 4.69) is 57.8 Å². The molecule has 0 unspecified atom stereocenters. The molecule has 0 saturated carbocycles. The smallest absolute Gasteiger partial charge is 0.354 e. The summed E-state index contributed by atoms with van der Waals surface area (Å²) in [5.74, 6) is -1.11. The highest BCUT2D eigenvalue weighted by atomic mass is 79.9. The second-order valence-corrected chi connectivity index (χ2v) is 14.6. The number of aliphatic carboxylic acids is 1. The molecule has 3 aromatic carbocycles. The van der Waals surface area contributed by atoms with Crippen LogP contribution < -0.4 is 10.4 Å². The molecule has 0 aliphatic heterocycles. The number of benzene rings is 3. The molecule has 8 heteroatoms. The monoisotopic (exact) mass is 589 g/mol. The van der Waals surface area contributed by atoms with E-state index < -0.39 is 14.3 Å². The second-order valence-electron chi connectivity index (χ2n) is 8.68. The Hall–Kier alpha value is -2.42. The summed E-state index contributed by atoms with van der Waals surface area (Å²) in [4.78, 5) is 12.1. The summed E-state index contributed by atoms with van der Waals surface area (Å²) in [6.07, 6.45) is 0.0328. The first-order chi connectivity index (χ1) is 15.6. The van der Waals surface area contributed by atoms with Crippen molar-refractivity contribution in [3.05, 3.63) is 87.3 Å². The van der Waals surface area contributed by atoms with Crippen LogP contribution in [0.25, 0.3) is 0 Å². The van der Waals surface area contributed by atoms with Gasteiger partial charge in [-0.1, -0.05) is 86.6 Å². The summed E-state index contributed by atoms with van der Waals surface area (Å²) in [5, 5.41) is 25.8. The maximum Gasteiger partial charge on any atom is 0.354 e. The molecule has 0 amide bonds. The molecular formula is C25H25Br2NO4Si. The standard InChI is InChI=1S/C25H25Br2NO4Si/c1-25(2,3)33(18-10-6-4-7-11-18,19-12-8-5-9-13-19)32-28-22(24(30)31)16-17-14-20(26)23(29)21(27)15-17/h4-15,29H,16H2,1-3H3,(H,30,31)/b28-22-. The zero-order chi connectivity index (χ0) is 24.2. The molecule has 5 nitrogen and oxygen atoms in total. The average Bonchev–Trinajstić information content (AvgIpc) is 2.77. The van der Waals surface area contributed by atoms with E-state index >= 15 is 0 Å². The number of phenols is 1. The van der Waals surface area contributed by atoms with Crippen LogP contribution >= 0.6 is 31.9 Å². The number of hydrogen-bond donors (Lipinski definition) is 2. The predicted molar refractivity (Wildman–Crippen MR) is 141 cm³/mol. The van der Waals surface area contributed by atoms with Crippen molar-refractivity contribution in [2.24, 2.45) is 5.16 Å². The lowest BCUT2D eigenvalue weighted by Crippen LogP contribution is -2.65. The van der Waals surface area contributed by atoms with Gasteiger partial charge in [-0.2, -0.15) is 0 Å². The lowest BCUT2D eigenvalue weighted by atomic mass is 10.1. The van der Waals surface area contributed by atoms with Crippen LogP contribution in [0.3, 0.4) is 0 Å². The van der Waals surface area contributed by atoms with E-state index in [0.29, 0.717) is 14.5 Å². The van der Waals surface area contributed by atoms with Crippen LogP contribution in [-0.4, -0.2) is 30.2 Å². The minimum absolute atomic E-state index is 0.0328. The molecule has 33 heavy (non-hydrogen) atoms. The number of aromatic hydroxyl groups is 1. The van der Waals surface area contributed by atoms with Crippen molar-refractivity contribution in [3.63, 3.8) is 0 Å². The zero-order valence-corrected chi connectivity index (χ0v) is 22.7. The third-order valence-corrected chi connectivity index (χ3v) is 11.4. The molecule has 0 atom stereocenters. The molecule has 0 bridgehead atoms. The average molecular weight is 591 g/mol. The van der Waals surface area contributed by atoms with Gasteiger partial charge in [-0.05, 0) is 59.9 Å². The Labute approximate surface area is 211 Å². The van der Waals surface area contributed by atoms with Gasteiger partial charge in [0.1, 0.15) is 5.75 Å². The number of carboxylic acid groups (broad SMARTS) is 1. The molecule has 0 aliphatic rings. The molecule has 0 fully saturated rings. The van der Waals surface area contributed by atoms with Gasteiger partial charge < -0.3 is 14.7 Å². The van der Waals surface area contributed by atoms with Crippen LogP contribution in [-0.2, 0) is 15.7 Å². The summed E-state index contributed by atoms with van der Waals surface area (Å²) in [5.41, 5.74) is 0.547. The largest absolute Gasteiger partial charge is 0.506 e.